The Labute approximate surface area is 151 Å². The quantitative estimate of drug-likeness (QED) is 0.712. The number of nitrogens with two attached hydrogens (primary N) is 1. The van der Waals surface area contributed by atoms with Crippen LogP contribution in [-0.4, -0.2) is 19.2 Å². The van der Waals surface area contributed by atoms with Crippen LogP contribution in [0.15, 0.2) is 22.4 Å². The molecule has 24 heavy (non-hydrogen) atoms. The molecule has 3 N–H and O–H groups in total. The van der Waals surface area contributed by atoms with Gasteiger partial charge >= 0.3 is 0 Å². The molecule has 0 fully saturated rings. The Morgan fingerprint density at radius 1 is 1.38 bits per heavy atom. The third-order valence-electron chi connectivity index (χ3n) is 2.98. The lowest BCUT2D eigenvalue weighted by Crippen LogP contribution is -1.97. The number of hydrogen-bond acceptors (Lipinski definition) is 8. The van der Waals surface area contributed by atoms with Crippen LogP contribution in [0.1, 0.15) is 16.3 Å². The van der Waals surface area contributed by atoms with Gasteiger partial charge in [0.2, 0.25) is 11.9 Å². The van der Waals surface area contributed by atoms with E-state index in [0.29, 0.717) is 22.2 Å². The van der Waals surface area contributed by atoms with Crippen molar-refractivity contribution in [3.05, 3.63) is 39.5 Å². The second kappa shape index (κ2) is 6.68. The van der Waals surface area contributed by atoms with Gasteiger partial charge in [-0.1, -0.05) is 11.6 Å². The van der Waals surface area contributed by atoms with Crippen LogP contribution in [0.3, 0.4) is 0 Å². The first kappa shape index (κ1) is 16.6. The molecular weight excluding hydrogens is 366 g/mol. The Morgan fingerprint density at radius 3 is 2.79 bits per heavy atom. The molecule has 0 unspecified atom stereocenters. The van der Waals surface area contributed by atoms with Crippen molar-refractivity contribution < 1.29 is 0 Å². The summed E-state index contributed by atoms with van der Waals surface area (Å²) >= 11 is 8.96. The molecule has 1 aromatic carbocycles. The number of halogens is 1. The molecule has 0 aliphatic carbocycles. The predicted octanol–water partition coefficient (Wildman–Crippen LogP) is 3.76. The molecular formula is C14H12ClN7S2. The van der Waals surface area contributed by atoms with Crippen molar-refractivity contribution in [2.24, 2.45) is 0 Å². The Kier molecular flexibility index (Phi) is 4.62. The number of rotatable bonds is 4. The molecule has 3 rings (SSSR count). The number of anilines is 3. The number of nitrogens with zero attached hydrogens (tertiary/aromatic N) is 5. The first-order valence-corrected chi connectivity index (χ1v) is 8.74. The lowest BCUT2D eigenvalue weighted by Gasteiger charge is -2.03. The molecule has 10 heteroatoms. The van der Waals surface area contributed by atoms with Crippen LogP contribution in [-0.2, 0) is 0 Å². The summed E-state index contributed by atoms with van der Waals surface area (Å²) in [7, 11) is 0. The highest BCUT2D eigenvalue weighted by Crippen LogP contribution is 2.31. The van der Waals surface area contributed by atoms with E-state index in [1.54, 1.807) is 29.5 Å². The SMILES string of the molecule is Cc1nc(C)c(Sn2nc(Nc3ccc(C#N)c(Cl)c3)nc2N)s1. The molecule has 0 aliphatic rings. The maximum absolute atomic E-state index is 8.90. The fraction of sp³-hybridized carbons (Fsp3) is 0.143. The van der Waals surface area contributed by atoms with E-state index < -0.39 is 0 Å². The van der Waals surface area contributed by atoms with Crippen LogP contribution in [0.25, 0.3) is 0 Å². The standard InChI is InChI=1S/C14H12ClN7S2/c1-7-12(23-8(2)18-7)24-22-13(17)20-14(21-22)19-10-4-3-9(6-16)11(15)5-10/h3-5H,1-2H3,(H3,17,19,20,21). The zero-order chi connectivity index (χ0) is 17.3. The Bertz CT molecular complexity index is 941. The van der Waals surface area contributed by atoms with Gasteiger partial charge in [-0.15, -0.1) is 16.4 Å². The fourth-order valence-corrected chi connectivity index (χ4v) is 4.10. The van der Waals surface area contributed by atoms with Crippen molar-refractivity contribution in [3.63, 3.8) is 0 Å². The minimum Gasteiger partial charge on any atom is -0.367 e. The minimum atomic E-state index is 0.271. The van der Waals surface area contributed by atoms with E-state index in [4.69, 9.17) is 22.6 Å². The molecule has 0 bridgehead atoms. The summed E-state index contributed by atoms with van der Waals surface area (Å²) in [4.78, 5) is 8.56. The Morgan fingerprint density at radius 2 is 2.17 bits per heavy atom. The van der Waals surface area contributed by atoms with Gasteiger partial charge in [-0.3, -0.25) is 0 Å². The minimum absolute atomic E-state index is 0.271. The maximum atomic E-state index is 8.90. The number of aryl methyl sites for hydroxylation is 2. The number of hydrogen-bond donors (Lipinski definition) is 2. The zero-order valence-corrected chi connectivity index (χ0v) is 15.1. The number of thiazole rings is 1. The van der Waals surface area contributed by atoms with Crippen molar-refractivity contribution in [1.82, 2.24) is 19.2 Å². The van der Waals surface area contributed by atoms with Gasteiger partial charge in [-0.05, 0) is 32.0 Å². The summed E-state index contributed by atoms with van der Waals surface area (Å²) < 4.78 is 2.55. The molecule has 0 saturated carbocycles. The topological polar surface area (TPSA) is 105 Å². The predicted molar refractivity (Wildman–Crippen MR) is 96.7 cm³/mol. The molecule has 0 saturated heterocycles. The summed E-state index contributed by atoms with van der Waals surface area (Å²) in [5.74, 6) is 0.618. The average molecular weight is 378 g/mol. The van der Waals surface area contributed by atoms with Crippen molar-refractivity contribution >= 4 is 52.5 Å². The van der Waals surface area contributed by atoms with Gasteiger partial charge in [0.25, 0.3) is 0 Å². The molecule has 0 aliphatic heterocycles. The van der Waals surface area contributed by atoms with Crippen LogP contribution >= 0.6 is 34.9 Å². The van der Waals surface area contributed by atoms with Gasteiger partial charge in [-0.2, -0.15) is 14.3 Å². The zero-order valence-electron chi connectivity index (χ0n) is 12.7. The summed E-state index contributed by atoms with van der Waals surface area (Å²) in [6, 6.07) is 7.01. The molecule has 122 valence electrons. The van der Waals surface area contributed by atoms with Gasteiger partial charge in [0.1, 0.15) is 10.3 Å². The number of aromatic nitrogens is 4. The average Bonchev–Trinajstić information content (AvgIpc) is 3.02. The van der Waals surface area contributed by atoms with E-state index in [2.05, 4.69) is 20.4 Å². The maximum Gasteiger partial charge on any atom is 0.249 e. The van der Waals surface area contributed by atoms with E-state index in [9.17, 15) is 0 Å². The second-order valence-electron chi connectivity index (χ2n) is 4.80. The Balaban J connectivity index is 1.80. The normalized spacial score (nSPS) is 10.6. The summed E-state index contributed by atoms with van der Waals surface area (Å²) in [6.07, 6.45) is 0. The van der Waals surface area contributed by atoms with Gasteiger partial charge in [0, 0.05) is 17.6 Å². The summed E-state index contributed by atoms with van der Waals surface area (Å²) in [5, 5.41) is 17.6. The first-order valence-electron chi connectivity index (χ1n) is 6.78. The molecule has 0 amide bonds. The largest absolute Gasteiger partial charge is 0.367 e. The van der Waals surface area contributed by atoms with Gasteiger partial charge in [0.15, 0.2) is 0 Å². The number of nitrogens with one attached hydrogen (secondary N) is 1. The van der Waals surface area contributed by atoms with Crippen LogP contribution in [0, 0.1) is 25.2 Å². The molecule has 0 radical (unpaired) electrons. The van der Waals surface area contributed by atoms with Gasteiger partial charge in [0.05, 0.1) is 21.3 Å². The van der Waals surface area contributed by atoms with E-state index >= 15 is 0 Å². The third-order valence-corrected chi connectivity index (χ3v) is 5.53. The molecule has 0 spiro atoms. The lowest BCUT2D eigenvalue weighted by atomic mass is 10.2. The monoisotopic (exact) mass is 377 g/mol. The highest BCUT2D eigenvalue weighted by Gasteiger charge is 2.13. The summed E-state index contributed by atoms with van der Waals surface area (Å²) in [5.41, 5.74) is 7.94. The van der Waals surface area contributed by atoms with Gasteiger partial charge in [-0.25, -0.2) is 4.98 Å². The molecule has 0 atom stereocenters. The smallest absolute Gasteiger partial charge is 0.249 e. The third kappa shape index (κ3) is 3.46. The summed E-state index contributed by atoms with van der Waals surface area (Å²) in [6.45, 7) is 3.89. The van der Waals surface area contributed by atoms with Crippen molar-refractivity contribution in [2.45, 2.75) is 18.1 Å². The van der Waals surface area contributed by atoms with Crippen LogP contribution < -0.4 is 11.1 Å². The second-order valence-corrected chi connectivity index (χ2v) is 7.60. The molecule has 2 heterocycles. The number of benzene rings is 1. The molecule has 2 aromatic heterocycles. The van der Waals surface area contributed by atoms with Gasteiger partial charge < -0.3 is 11.1 Å². The first-order chi connectivity index (χ1) is 11.5. The van der Waals surface area contributed by atoms with E-state index in [1.807, 2.05) is 19.9 Å². The van der Waals surface area contributed by atoms with Crippen LogP contribution in [0.2, 0.25) is 5.02 Å². The lowest BCUT2D eigenvalue weighted by molar-refractivity contribution is 1.02. The van der Waals surface area contributed by atoms with Crippen LogP contribution in [0.5, 0.6) is 0 Å². The molecule has 7 nitrogen and oxygen atoms in total. The van der Waals surface area contributed by atoms with Crippen LogP contribution in [0.4, 0.5) is 17.6 Å². The van der Waals surface area contributed by atoms with Crippen molar-refractivity contribution in [1.29, 1.82) is 5.26 Å². The number of nitrogen functional groups attached to an aromatic ring is 1. The molecule has 3 aromatic rings. The van der Waals surface area contributed by atoms with Crippen molar-refractivity contribution in [2.75, 3.05) is 11.1 Å². The number of nitriles is 1. The van der Waals surface area contributed by atoms with E-state index in [0.717, 1.165) is 14.9 Å². The fourth-order valence-electron chi connectivity index (χ4n) is 1.92. The highest BCUT2D eigenvalue weighted by atomic mass is 35.5. The Hall–Kier alpha value is -2.28. The highest BCUT2D eigenvalue weighted by molar-refractivity contribution is 7.99. The van der Waals surface area contributed by atoms with Crippen molar-refractivity contribution in [3.8, 4) is 6.07 Å². The van der Waals surface area contributed by atoms with E-state index in [1.165, 1.54) is 16.0 Å². The van der Waals surface area contributed by atoms with E-state index in [-0.39, 0.29) is 5.95 Å².